The van der Waals surface area contributed by atoms with E-state index >= 15 is 0 Å². The van der Waals surface area contributed by atoms with Crippen LogP contribution < -0.4 is 10.4 Å². The Morgan fingerprint density at radius 2 is 2.06 bits per heavy atom. The van der Waals surface area contributed by atoms with Crippen LogP contribution >= 0.6 is 0 Å². The number of amides is 1. The summed E-state index contributed by atoms with van der Waals surface area (Å²) in [7, 11) is 0. The number of likely N-dealkylation sites (tertiary alicyclic amines) is 1. The molecular weight excluding hydrogens is 402 g/mol. The second-order valence-corrected chi connectivity index (χ2v) is 8.86. The normalized spacial score (nSPS) is 18.2. The number of carbonyl (C=O) groups is 2. The zero-order valence-electron chi connectivity index (χ0n) is 18.9. The van der Waals surface area contributed by atoms with Crippen LogP contribution in [0, 0.1) is 11.3 Å². The lowest BCUT2D eigenvalue weighted by Gasteiger charge is -2.32. The smallest absolute Gasteiger partial charge is 0.258 e. The summed E-state index contributed by atoms with van der Waals surface area (Å²) in [5.41, 5.74) is 3.10. The molecule has 0 unspecified atom stereocenters. The van der Waals surface area contributed by atoms with Crippen molar-refractivity contribution in [2.24, 2.45) is 5.92 Å². The van der Waals surface area contributed by atoms with Crippen LogP contribution in [-0.2, 0) is 6.42 Å². The van der Waals surface area contributed by atoms with Crippen LogP contribution in [0.2, 0.25) is 0 Å². The highest BCUT2D eigenvalue weighted by Crippen LogP contribution is 2.32. The first-order valence-electron chi connectivity index (χ1n) is 11.4. The summed E-state index contributed by atoms with van der Waals surface area (Å²) in [6.07, 6.45) is 7.88. The van der Waals surface area contributed by atoms with Crippen LogP contribution in [0.3, 0.4) is 0 Å². The molecule has 7 heteroatoms. The summed E-state index contributed by atoms with van der Waals surface area (Å²) in [6.45, 7) is 10.2. The van der Waals surface area contributed by atoms with Gasteiger partial charge >= 0.3 is 0 Å². The Morgan fingerprint density at radius 1 is 1.25 bits per heavy atom. The largest absolute Gasteiger partial charge is 0.338 e. The molecule has 1 amide bonds. The number of fused-ring (bicyclic) bond motifs is 1. The minimum atomic E-state index is -0.253. The number of aryl methyl sites for hydroxylation is 1. The average Bonchev–Trinajstić information content (AvgIpc) is 2.81. The molecule has 32 heavy (non-hydrogen) atoms. The number of pyridine rings is 2. The van der Waals surface area contributed by atoms with Crippen molar-refractivity contribution in [2.75, 3.05) is 24.5 Å². The van der Waals surface area contributed by atoms with Crippen LogP contribution in [0.15, 0.2) is 42.7 Å². The number of nitrogens with zero attached hydrogens (tertiary/aromatic N) is 4. The third kappa shape index (κ3) is 4.24. The van der Waals surface area contributed by atoms with Gasteiger partial charge in [-0.15, -0.1) is 0 Å². The summed E-state index contributed by atoms with van der Waals surface area (Å²) in [4.78, 5) is 34.1. The van der Waals surface area contributed by atoms with E-state index in [1.165, 1.54) is 11.0 Å². The van der Waals surface area contributed by atoms with Crippen molar-refractivity contribution < 1.29 is 9.59 Å². The van der Waals surface area contributed by atoms with Gasteiger partial charge in [-0.05, 0) is 55.7 Å². The van der Waals surface area contributed by atoms with E-state index in [9.17, 15) is 9.59 Å². The molecule has 1 fully saturated rings. The van der Waals surface area contributed by atoms with Crippen LogP contribution in [0.5, 0.6) is 0 Å². The molecular formula is C25H31N5O2. The zero-order chi connectivity index (χ0) is 22.8. The minimum absolute atomic E-state index is 0.0628. The molecule has 2 aromatic rings. The molecule has 2 aliphatic rings. The minimum Gasteiger partial charge on any atom is -0.338 e. The van der Waals surface area contributed by atoms with Gasteiger partial charge in [-0.25, -0.2) is 4.98 Å². The summed E-state index contributed by atoms with van der Waals surface area (Å²) < 4.78 is 1.31. The average molecular weight is 434 g/mol. The van der Waals surface area contributed by atoms with Gasteiger partial charge in [-0.3, -0.25) is 19.6 Å². The van der Waals surface area contributed by atoms with E-state index in [0.29, 0.717) is 23.5 Å². The Bertz CT molecular complexity index is 1120. The van der Waals surface area contributed by atoms with Crippen LogP contribution in [0.1, 0.15) is 60.2 Å². The molecule has 0 spiro atoms. The fraction of sp³-hybridized carbons (Fsp3) is 0.440. The Morgan fingerprint density at radius 3 is 2.78 bits per heavy atom. The molecule has 0 aliphatic carbocycles. The zero-order valence-corrected chi connectivity index (χ0v) is 18.9. The molecule has 0 radical (unpaired) electrons. The number of allylic oxidation sites excluding steroid dienone is 1. The molecule has 2 aliphatic heterocycles. The van der Waals surface area contributed by atoms with Crippen molar-refractivity contribution in [3.05, 3.63) is 59.4 Å². The maximum atomic E-state index is 13.0. The molecule has 168 valence electrons. The van der Waals surface area contributed by atoms with Gasteiger partial charge < -0.3 is 9.80 Å². The molecule has 0 aromatic carbocycles. The van der Waals surface area contributed by atoms with E-state index in [2.05, 4.69) is 23.4 Å². The number of hydrogen-bond acceptors (Lipinski definition) is 5. The monoisotopic (exact) mass is 433 g/mol. The van der Waals surface area contributed by atoms with E-state index in [4.69, 9.17) is 5.41 Å². The van der Waals surface area contributed by atoms with Gasteiger partial charge in [0.2, 0.25) is 0 Å². The van der Waals surface area contributed by atoms with Gasteiger partial charge in [-0.1, -0.05) is 20.4 Å². The van der Waals surface area contributed by atoms with E-state index in [1.807, 2.05) is 24.0 Å². The SMILES string of the molecule is C=C(CC)C(=O)n1ccc(N2CCCc3cc(C(=O)N4CCC[C@@H](C)C4)cnc32)cc1=N. The van der Waals surface area contributed by atoms with Gasteiger partial charge in [0, 0.05) is 49.4 Å². The van der Waals surface area contributed by atoms with Gasteiger partial charge in [0.1, 0.15) is 11.3 Å². The summed E-state index contributed by atoms with van der Waals surface area (Å²) in [5.74, 6) is 1.17. The molecule has 0 bridgehead atoms. The number of nitrogens with one attached hydrogen (secondary N) is 1. The lowest BCUT2D eigenvalue weighted by Crippen LogP contribution is -2.39. The van der Waals surface area contributed by atoms with Crippen molar-refractivity contribution in [2.45, 2.75) is 46.0 Å². The molecule has 4 rings (SSSR count). The number of aromatic nitrogens is 2. The predicted octanol–water partition coefficient (Wildman–Crippen LogP) is 3.93. The summed E-state index contributed by atoms with van der Waals surface area (Å²) >= 11 is 0. The molecule has 7 nitrogen and oxygen atoms in total. The fourth-order valence-electron chi connectivity index (χ4n) is 4.54. The Balaban J connectivity index is 1.60. The van der Waals surface area contributed by atoms with Crippen molar-refractivity contribution >= 4 is 23.3 Å². The van der Waals surface area contributed by atoms with Crippen LogP contribution in [0.4, 0.5) is 11.5 Å². The highest BCUT2D eigenvalue weighted by atomic mass is 16.2. The lowest BCUT2D eigenvalue weighted by molar-refractivity contribution is 0.0682. The number of rotatable bonds is 4. The first-order chi connectivity index (χ1) is 15.4. The number of carbonyl (C=O) groups excluding carboxylic acids is 2. The molecule has 4 heterocycles. The van der Waals surface area contributed by atoms with Crippen LogP contribution in [0.25, 0.3) is 0 Å². The van der Waals surface area contributed by atoms with Crippen molar-refractivity contribution in [3.63, 3.8) is 0 Å². The topological polar surface area (TPSA) is 82.3 Å². The summed E-state index contributed by atoms with van der Waals surface area (Å²) in [6, 6.07) is 5.51. The standard InChI is InChI=1S/C25H31N5O2/c1-4-18(3)24(31)30-12-9-21(14-22(30)26)29-11-6-8-19-13-20(15-27-23(19)29)25(32)28-10-5-7-17(2)16-28/h9,12-15,17,26H,3-8,10-11,16H2,1-2H3/t17-/m1/s1. The fourth-order valence-corrected chi connectivity index (χ4v) is 4.54. The van der Waals surface area contributed by atoms with E-state index < -0.39 is 0 Å². The van der Waals surface area contributed by atoms with Gasteiger partial charge in [-0.2, -0.15) is 0 Å². The Labute approximate surface area is 188 Å². The molecule has 1 N–H and O–H groups in total. The molecule has 2 aromatic heterocycles. The first kappa shape index (κ1) is 22.0. The highest BCUT2D eigenvalue weighted by molar-refractivity contribution is 5.95. The third-order valence-corrected chi connectivity index (χ3v) is 6.42. The second-order valence-electron chi connectivity index (χ2n) is 8.86. The van der Waals surface area contributed by atoms with Crippen molar-refractivity contribution in [1.82, 2.24) is 14.5 Å². The van der Waals surface area contributed by atoms with Gasteiger partial charge in [0.15, 0.2) is 0 Å². The molecule has 1 atom stereocenters. The number of hydrogen-bond donors (Lipinski definition) is 1. The molecule has 0 saturated carbocycles. The first-order valence-corrected chi connectivity index (χ1v) is 11.4. The lowest BCUT2D eigenvalue weighted by atomic mass is 9.99. The van der Waals surface area contributed by atoms with Crippen molar-refractivity contribution in [3.8, 4) is 0 Å². The van der Waals surface area contributed by atoms with E-state index in [1.54, 1.807) is 18.5 Å². The predicted molar refractivity (Wildman–Crippen MR) is 124 cm³/mol. The maximum absolute atomic E-state index is 13.0. The van der Waals surface area contributed by atoms with Crippen molar-refractivity contribution in [1.29, 1.82) is 5.41 Å². The van der Waals surface area contributed by atoms with Gasteiger partial charge in [0.25, 0.3) is 11.8 Å². The highest BCUT2D eigenvalue weighted by Gasteiger charge is 2.25. The third-order valence-electron chi connectivity index (χ3n) is 6.42. The molecule has 1 saturated heterocycles. The van der Waals surface area contributed by atoms with E-state index in [0.717, 1.165) is 56.0 Å². The second kappa shape index (κ2) is 9.10. The Hall–Kier alpha value is -3.22. The van der Waals surface area contributed by atoms with Crippen LogP contribution in [-0.4, -0.2) is 45.9 Å². The maximum Gasteiger partial charge on any atom is 0.258 e. The van der Waals surface area contributed by atoms with E-state index in [-0.39, 0.29) is 17.3 Å². The quantitative estimate of drug-likeness (QED) is 0.741. The number of anilines is 2. The van der Waals surface area contributed by atoms with Gasteiger partial charge in [0.05, 0.1) is 5.56 Å². The Kier molecular flexibility index (Phi) is 6.26. The number of piperidine rings is 1. The summed E-state index contributed by atoms with van der Waals surface area (Å²) in [5, 5.41) is 8.34.